The fourth-order valence-corrected chi connectivity index (χ4v) is 2.08. The van der Waals surface area contributed by atoms with Crippen LogP contribution in [0, 0.1) is 0 Å². The lowest BCUT2D eigenvalue weighted by molar-refractivity contribution is -0.870. The smallest absolute Gasteiger partial charge is 0.340 e. The van der Waals surface area contributed by atoms with Gasteiger partial charge in [-0.25, -0.2) is 4.79 Å². The summed E-state index contributed by atoms with van der Waals surface area (Å²) in [5.74, 6) is -0.277. The van der Waals surface area contributed by atoms with Crippen molar-refractivity contribution in [3.05, 3.63) is 35.4 Å². The van der Waals surface area contributed by atoms with Gasteiger partial charge in [-0.1, -0.05) is 24.3 Å². The molecule has 0 radical (unpaired) electrons. The summed E-state index contributed by atoms with van der Waals surface area (Å²) < 4.78 is 11.7. The monoisotopic (exact) mass is 264 g/mol. The van der Waals surface area contributed by atoms with Gasteiger partial charge in [0.1, 0.15) is 13.2 Å². The topological polar surface area (TPSA) is 35.5 Å². The molecular formula is C15H22NO3+. The molecule has 0 aliphatic carbocycles. The highest BCUT2D eigenvalue weighted by atomic mass is 16.6. The Hall–Kier alpha value is -1.39. The molecule has 0 fully saturated rings. The van der Waals surface area contributed by atoms with Crippen molar-refractivity contribution in [1.82, 2.24) is 0 Å². The van der Waals surface area contributed by atoms with Gasteiger partial charge in [-0.2, -0.15) is 0 Å². The first-order valence-corrected chi connectivity index (χ1v) is 6.64. The zero-order valence-corrected chi connectivity index (χ0v) is 11.9. The van der Waals surface area contributed by atoms with Crippen LogP contribution < -0.4 is 0 Å². The van der Waals surface area contributed by atoms with Crippen LogP contribution in [0.4, 0.5) is 0 Å². The minimum absolute atomic E-state index is 0.277. The van der Waals surface area contributed by atoms with Gasteiger partial charge in [0, 0.05) is 0 Å². The van der Waals surface area contributed by atoms with E-state index in [0.29, 0.717) is 13.2 Å². The first kappa shape index (κ1) is 14.0. The van der Waals surface area contributed by atoms with E-state index in [4.69, 9.17) is 9.47 Å². The predicted octanol–water partition coefficient (Wildman–Crippen LogP) is 1.55. The van der Waals surface area contributed by atoms with Crippen LogP contribution in [0.1, 0.15) is 17.2 Å². The number of carbonyl (C=O) groups is 1. The van der Waals surface area contributed by atoms with Gasteiger partial charge in [0.15, 0.2) is 6.10 Å². The van der Waals surface area contributed by atoms with Crippen molar-refractivity contribution in [2.24, 2.45) is 0 Å². The van der Waals surface area contributed by atoms with Crippen LogP contribution in [0.5, 0.6) is 0 Å². The second-order valence-electron chi connectivity index (χ2n) is 5.88. The minimum Gasteiger partial charge on any atom is -0.458 e. The molecule has 0 N–H and O–H groups in total. The zero-order valence-electron chi connectivity index (χ0n) is 11.9. The summed E-state index contributed by atoms with van der Waals surface area (Å²) in [7, 11) is 6.21. The van der Waals surface area contributed by atoms with Crippen LogP contribution >= 0.6 is 0 Å². The molecule has 2 rings (SSSR count). The van der Waals surface area contributed by atoms with Crippen molar-refractivity contribution >= 4 is 5.97 Å². The number of carbonyl (C=O) groups excluding carboxylic acids is 1. The lowest BCUT2D eigenvalue weighted by Crippen LogP contribution is -2.38. The number of fused-ring (bicyclic) bond motifs is 1. The number of rotatable bonds is 4. The summed E-state index contributed by atoms with van der Waals surface area (Å²) in [5.41, 5.74) is 2.13. The number of likely N-dealkylation sites (N-methyl/N-ethyl adjacent to an activating group) is 1. The molecule has 1 aliphatic rings. The molecule has 0 aromatic heterocycles. The fraction of sp³-hybridized carbons (Fsp3) is 0.533. The van der Waals surface area contributed by atoms with Gasteiger partial charge in [0.05, 0.1) is 27.7 Å². The first-order chi connectivity index (χ1) is 8.97. The van der Waals surface area contributed by atoms with Gasteiger partial charge in [-0.3, -0.25) is 0 Å². The molecule has 0 amide bonds. The van der Waals surface area contributed by atoms with Crippen LogP contribution in [0.25, 0.3) is 0 Å². The van der Waals surface area contributed by atoms with Gasteiger partial charge in [-0.15, -0.1) is 0 Å². The minimum atomic E-state index is -0.558. The van der Waals surface area contributed by atoms with Crippen LogP contribution in [-0.4, -0.2) is 51.4 Å². The number of ether oxygens (including phenoxy) is 2. The van der Waals surface area contributed by atoms with Crippen molar-refractivity contribution in [3.8, 4) is 0 Å². The molecule has 104 valence electrons. The third-order valence-electron chi connectivity index (χ3n) is 3.21. The maximum absolute atomic E-state index is 12.1. The third-order valence-corrected chi connectivity index (χ3v) is 3.21. The molecule has 0 saturated heterocycles. The SMILES string of the molecule is C[N+](C)(C)CCOC(=O)[C@@H]1OCCc2ccccc21. The van der Waals surface area contributed by atoms with Crippen molar-refractivity contribution in [2.45, 2.75) is 12.5 Å². The maximum Gasteiger partial charge on any atom is 0.340 e. The largest absolute Gasteiger partial charge is 0.458 e. The van der Waals surface area contributed by atoms with Crippen LogP contribution in [-0.2, 0) is 20.7 Å². The van der Waals surface area contributed by atoms with E-state index in [2.05, 4.69) is 21.1 Å². The van der Waals surface area contributed by atoms with E-state index in [9.17, 15) is 4.79 Å². The number of esters is 1. The van der Waals surface area contributed by atoms with Crippen molar-refractivity contribution in [2.75, 3.05) is 40.9 Å². The highest BCUT2D eigenvalue weighted by Crippen LogP contribution is 2.27. The molecule has 1 aliphatic heterocycles. The Morgan fingerprint density at radius 1 is 1.37 bits per heavy atom. The molecule has 0 saturated carbocycles. The van der Waals surface area contributed by atoms with E-state index in [-0.39, 0.29) is 5.97 Å². The predicted molar refractivity (Wildman–Crippen MR) is 72.7 cm³/mol. The third kappa shape index (κ3) is 3.78. The van der Waals surface area contributed by atoms with Crippen LogP contribution in [0.3, 0.4) is 0 Å². The summed E-state index contributed by atoms with van der Waals surface area (Å²) in [6.07, 6.45) is 0.302. The Bertz CT molecular complexity index is 451. The summed E-state index contributed by atoms with van der Waals surface area (Å²) >= 11 is 0. The average Bonchev–Trinajstić information content (AvgIpc) is 2.36. The number of benzene rings is 1. The van der Waals surface area contributed by atoms with Crippen molar-refractivity contribution in [1.29, 1.82) is 0 Å². The number of nitrogens with zero attached hydrogens (tertiary/aromatic N) is 1. The maximum atomic E-state index is 12.1. The Labute approximate surface area is 114 Å². The van der Waals surface area contributed by atoms with E-state index in [1.54, 1.807) is 0 Å². The van der Waals surface area contributed by atoms with Gasteiger partial charge in [0.25, 0.3) is 0 Å². The Balaban J connectivity index is 1.97. The Morgan fingerprint density at radius 3 is 2.84 bits per heavy atom. The first-order valence-electron chi connectivity index (χ1n) is 6.64. The second-order valence-corrected chi connectivity index (χ2v) is 5.88. The lowest BCUT2D eigenvalue weighted by Gasteiger charge is -2.26. The summed E-state index contributed by atoms with van der Waals surface area (Å²) in [6, 6.07) is 7.91. The van der Waals surface area contributed by atoms with Gasteiger partial charge in [0.2, 0.25) is 0 Å². The normalized spacial score (nSPS) is 18.8. The molecule has 4 nitrogen and oxygen atoms in total. The van der Waals surface area contributed by atoms with E-state index < -0.39 is 6.10 Å². The van der Waals surface area contributed by atoms with E-state index >= 15 is 0 Å². The molecule has 1 atom stereocenters. The van der Waals surface area contributed by atoms with E-state index in [1.807, 2.05) is 24.3 Å². The van der Waals surface area contributed by atoms with E-state index in [0.717, 1.165) is 23.0 Å². The quantitative estimate of drug-likeness (QED) is 0.611. The summed E-state index contributed by atoms with van der Waals surface area (Å²) in [6.45, 7) is 1.79. The fourth-order valence-electron chi connectivity index (χ4n) is 2.08. The molecule has 4 heteroatoms. The molecule has 1 heterocycles. The number of hydrogen-bond donors (Lipinski definition) is 0. The molecule has 1 aromatic rings. The molecular weight excluding hydrogens is 242 g/mol. The summed E-state index contributed by atoms with van der Waals surface area (Å²) in [4.78, 5) is 12.1. The standard InChI is InChI=1S/C15H22NO3/c1-16(2,3)9-11-19-15(17)14-13-7-5-4-6-12(13)8-10-18-14/h4-7,14H,8-11H2,1-3H3/q+1/t14-/m1/s1. The van der Waals surface area contributed by atoms with Crippen LogP contribution in [0.15, 0.2) is 24.3 Å². The van der Waals surface area contributed by atoms with E-state index in [1.165, 1.54) is 5.56 Å². The van der Waals surface area contributed by atoms with Crippen LogP contribution in [0.2, 0.25) is 0 Å². The molecule has 1 aromatic carbocycles. The summed E-state index contributed by atoms with van der Waals surface area (Å²) in [5, 5.41) is 0. The number of hydrogen-bond acceptors (Lipinski definition) is 3. The lowest BCUT2D eigenvalue weighted by atomic mass is 9.98. The zero-order chi connectivity index (χ0) is 13.9. The van der Waals surface area contributed by atoms with Crippen molar-refractivity contribution in [3.63, 3.8) is 0 Å². The van der Waals surface area contributed by atoms with Crippen molar-refractivity contribution < 1.29 is 18.8 Å². The average molecular weight is 264 g/mol. The molecule has 0 unspecified atom stereocenters. The highest BCUT2D eigenvalue weighted by Gasteiger charge is 2.28. The Kier molecular flexibility index (Phi) is 4.22. The highest BCUT2D eigenvalue weighted by molar-refractivity contribution is 5.77. The molecule has 0 bridgehead atoms. The van der Waals surface area contributed by atoms with Gasteiger partial charge >= 0.3 is 5.97 Å². The number of quaternary nitrogens is 1. The second kappa shape index (κ2) is 5.72. The molecule has 19 heavy (non-hydrogen) atoms. The molecule has 0 spiro atoms. The van der Waals surface area contributed by atoms with Gasteiger partial charge in [-0.05, 0) is 17.5 Å². The van der Waals surface area contributed by atoms with Gasteiger partial charge < -0.3 is 14.0 Å². The Morgan fingerprint density at radius 2 is 2.11 bits per heavy atom.